The van der Waals surface area contributed by atoms with Crippen LogP contribution in [0.3, 0.4) is 0 Å². The zero-order valence-corrected chi connectivity index (χ0v) is 12.3. The van der Waals surface area contributed by atoms with Gasteiger partial charge in [-0.3, -0.25) is 4.68 Å². The smallest absolute Gasteiger partial charge is 0.0534 e. The van der Waals surface area contributed by atoms with Crippen LogP contribution in [-0.4, -0.2) is 15.8 Å². The molecule has 0 saturated heterocycles. The van der Waals surface area contributed by atoms with Gasteiger partial charge in [0.1, 0.15) is 0 Å². The first-order valence-electron chi connectivity index (χ1n) is 7.47. The maximum Gasteiger partial charge on any atom is 0.0534 e. The molecule has 0 aliphatic heterocycles. The van der Waals surface area contributed by atoms with Crippen molar-refractivity contribution in [3.8, 4) is 0 Å². The van der Waals surface area contributed by atoms with Crippen molar-refractivity contribution in [3.63, 3.8) is 0 Å². The fourth-order valence-corrected chi connectivity index (χ4v) is 2.69. The number of hydrogen-bond acceptors (Lipinski definition) is 2. The number of nitrogens with zero attached hydrogens (tertiary/aromatic N) is 2. The zero-order chi connectivity index (χ0) is 13.9. The normalized spacial score (nSPS) is 16.3. The molecule has 1 atom stereocenters. The first-order chi connectivity index (χ1) is 9.70. The van der Waals surface area contributed by atoms with E-state index in [1.54, 1.807) is 0 Å². The average molecular weight is 269 g/mol. The lowest BCUT2D eigenvalue weighted by Crippen LogP contribution is -2.32. The van der Waals surface area contributed by atoms with E-state index in [1.807, 2.05) is 17.9 Å². The quantitative estimate of drug-likeness (QED) is 0.874. The highest BCUT2D eigenvalue weighted by atomic mass is 15.2. The van der Waals surface area contributed by atoms with Crippen LogP contribution < -0.4 is 5.32 Å². The maximum absolute atomic E-state index is 4.23. The Balaban J connectivity index is 1.59. The number of nitrogens with one attached hydrogen (secondary N) is 1. The van der Waals surface area contributed by atoms with Gasteiger partial charge in [0.25, 0.3) is 0 Å². The summed E-state index contributed by atoms with van der Waals surface area (Å²) in [6.07, 6.45) is 7.91. The lowest BCUT2D eigenvalue weighted by atomic mass is 10.0. The molecule has 1 N–H and O–H groups in total. The van der Waals surface area contributed by atoms with Gasteiger partial charge in [-0.2, -0.15) is 5.10 Å². The van der Waals surface area contributed by atoms with Gasteiger partial charge in [-0.1, -0.05) is 29.8 Å². The molecule has 0 amide bonds. The van der Waals surface area contributed by atoms with E-state index in [1.165, 1.54) is 29.5 Å². The Morgan fingerprint density at radius 1 is 1.25 bits per heavy atom. The van der Waals surface area contributed by atoms with E-state index in [2.05, 4.69) is 47.8 Å². The van der Waals surface area contributed by atoms with E-state index >= 15 is 0 Å². The maximum atomic E-state index is 4.23. The van der Waals surface area contributed by atoms with E-state index in [-0.39, 0.29) is 0 Å². The van der Waals surface area contributed by atoms with E-state index in [0.29, 0.717) is 6.04 Å². The number of rotatable bonds is 6. The van der Waals surface area contributed by atoms with Crippen LogP contribution in [0.2, 0.25) is 0 Å². The Morgan fingerprint density at radius 3 is 2.60 bits per heavy atom. The van der Waals surface area contributed by atoms with E-state index in [0.717, 1.165) is 18.9 Å². The van der Waals surface area contributed by atoms with Gasteiger partial charge in [0.05, 0.1) is 6.20 Å². The number of aryl methyl sites for hydroxylation is 2. The molecule has 1 fully saturated rings. The summed E-state index contributed by atoms with van der Waals surface area (Å²) in [6, 6.07) is 9.53. The summed E-state index contributed by atoms with van der Waals surface area (Å²) in [5.41, 5.74) is 4.04. The summed E-state index contributed by atoms with van der Waals surface area (Å²) < 4.78 is 1.86. The van der Waals surface area contributed by atoms with Crippen LogP contribution in [0.25, 0.3) is 0 Å². The van der Waals surface area contributed by atoms with Crippen LogP contribution in [0.1, 0.15) is 29.5 Å². The van der Waals surface area contributed by atoms with Gasteiger partial charge in [0.2, 0.25) is 0 Å². The van der Waals surface area contributed by atoms with Crippen LogP contribution in [-0.2, 0) is 20.0 Å². The molecule has 1 aliphatic carbocycles. The second kappa shape index (κ2) is 5.80. The molecule has 20 heavy (non-hydrogen) atoms. The Hall–Kier alpha value is -1.61. The Labute approximate surface area is 121 Å². The predicted octanol–water partition coefficient (Wildman–Crippen LogP) is 2.84. The number of aromatic nitrogens is 2. The minimum atomic E-state index is 0.595. The largest absolute Gasteiger partial charge is 0.309 e. The van der Waals surface area contributed by atoms with Crippen molar-refractivity contribution in [1.82, 2.24) is 15.1 Å². The molecule has 1 aromatic carbocycles. The van der Waals surface area contributed by atoms with Gasteiger partial charge in [-0.15, -0.1) is 0 Å². The molecule has 2 aromatic rings. The molecule has 3 heteroatoms. The fraction of sp³-hybridized carbons (Fsp3) is 0.471. The van der Waals surface area contributed by atoms with Gasteiger partial charge in [-0.05, 0) is 37.7 Å². The molecule has 1 aliphatic rings. The first-order valence-corrected chi connectivity index (χ1v) is 7.47. The topological polar surface area (TPSA) is 29.9 Å². The highest BCUT2D eigenvalue weighted by Gasteiger charge is 2.30. The van der Waals surface area contributed by atoms with Crippen LogP contribution in [0.5, 0.6) is 0 Å². The second-order valence-electron chi connectivity index (χ2n) is 6.04. The molecule has 106 valence electrons. The molecule has 0 radical (unpaired) electrons. The molecule has 3 nitrogen and oxygen atoms in total. The summed E-state index contributed by atoms with van der Waals surface area (Å²) >= 11 is 0. The van der Waals surface area contributed by atoms with E-state index in [4.69, 9.17) is 0 Å². The minimum Gasteiger partial charge on any atom is -0.309 e. The van der Waals surface area contributed by atoms with Crippen LogP contribution in [0, 0.1) is 12.8 Å². The summed E-state index contributed by atoms with van der Waals surface area (Å²) in [6.45, 7) is 3.06. The van der Waals surface area contributed by atoms with Crippen molar-refractivity contribution in [3.05, 3.63) is 53.3 Å². The second-order valence-corrected chi connectivity index (χ2v) is 6.04. The van der Waals surface area contributed by atoms with Crippen LogP contribution in [0.4, 0.5) is 0 Å². The summed E-state index contributed by atoms with van der Waals surface area (Å²) in [4.78, 5) is 0. The molecule has 1 saturated carbocycles. The van der Waals surface area contributed by atoms with Gasteiger partial charge < -0.3 is 5.32 Å². The van der Waals surface area contributed by atoms with Crippen molar-refractivity contribution in [2.24, 2.45) is 13.0 Å². The van der Waals surface area contributed by atoms with Crippen LogP contribution in [0.15, 0.2) is 36.7 Å². The molecular formula is C17H23N3. The number of benzene rings is 1. The fourth-order valence-electron chi connectivity index (χ4n) is 2.69. The SMILES string of the molecule is Cc1ccc(CC(NCc2cnn(C)c2)C2CC2)cc1. The summed E-state index contributed by atoms with van der Waals surface area (Å²) in [5.74, 6) is 0.855. The molecular weight excluding hydrogens is 246 g/mol. The summed E-state index contributed by atoms with van der Waals surface area (Å²) in [5, 5.41) is 7.95. The molecule has 1 aromatic heterocycles. The van der Waals surface area contributed by atoms with Crippen molar-refractivity contribution < 1.29 is 0 Å². The van der Waals surface area contributed by atoms with Gasteiger partial charge in [0, 0.05) is 31.4 Å². The molecule has 3 rings (SSSR count). The molecule has 1 unspecified atom stereocenters. The highest BCUT2D eigenvalue weighted by Crippen LogP contribution is 2.34. The minimum absolute atomic E-state index is 0.595. The molecule has 0 bridgehead atoms. The third kappa shape index (κ3) is 3.48. The number of hydrogen-bond donors (Lipinski definition) is 1. The standard InChI is InChI=1S/C17H23N3/c1-13-3-5-14(6-4-13)9-17(16-7-8-16)18-10-15-11-19-20(2)12-15/h3-6,11-12,16-18H,7-10H2,1-2H3. The monoisotopic (exact) mass is 269 g/mol. The third-order valence-corrected chi connectivity index (χ3v) is 4.09. The van der Waals surface area contributed by atoms with Crippen molar-refractivity contribution >= 4 is 0 Å². The molecule has 1 heterocycles. The lowest BCUT2D eigenvalue weighted by molar-refractivity contribution is 0.458. The summed E-state index contributed by atoms with van der Waals surface area (Å²) in [7, 11) is 1.97. The lowest BCUT2D eigenvalue weighted by Gasteiger charge is -2.18. The zero-order valence-electron chi connectivity index (χ0n) is 12.3. The predicted molar refractivity (Wildman–Crippen MR) is 81.4 cm³/mol. The Kier molecular flexibility index (Phi) is 3.88. The molecule has 0 spiro atoms. The first kappa shape index (κ1) is 13.4. The van der Waals surface area contributed by atoms with E-state index < -0.39 is 0 Å². The third-order valence-electron chi connectivity index (χ3n) is 4.09. The van der Waals surface area contributed by atoms with Gasteiger partial charge >= 0.3 is 0 Å². The Morgan fingerprint density at radius 2 is 2.00 bits per heavy atom. The van der Waals surface area contributed by atoms with Crippen LogP contribution >= 0.6 is 0 Å². The van der Waals surface area contributed by atoms with Crippen molar-refractivity contribution in [1.29, 1.82) is 0 Å². The average Bonchev–Trinajstić information content (AvgIpc) is 3.20. The van der Waals surface area contributed by atoms with Gasteiger partial charge in [0.15, 0.2) is 0 Å². The van der Waals surface area contributed by atoms with E-state index in [9.17, 15) is 0 Å². The highest BCUT2D eigenvalue weighted by molar-refractivity contribution is 5.22. The van der Waals surface area contributed by atoms with Crippen molar-refractivity contribution in [2.75, 3.05) is 0 Å². The van der Waals surface area contributed by atoms with Gasteiger partial charge in [-0.25, -0.2) is 0 Å². The Bertz CT molecular complexity index is 552. The van der Waals surface area contributed by atoms with Crippen molar-refractivity contribution in [2.45, 2.75) is 38.8 Å².